The van der Waals surface area contributed by atoms with Crippen molar-refractivity contribution in [2.75, 3.05) is 0 Å². The van der Waals surface area contributed by atoms with Gasteiger partial charge >= 0.3 is 0 Å². The number of hydrogen-bond acceptors (Lipinski definition) is 3. The van der Waals surface area contributed by atoms with Gasteiger partial charge in [0.1, 0.15) is 7.28 Å². The fraction of sp³-hybridized carbons (Fsp3) is 0.450. The minimum Gasteiger partial charge on any atom is -0.344 e. The molecule has 241 valence electrons. The Labute approximate surface area is 280 Å². The highest BCUT2D eigenvalue weighted by Gasteiger charge is 2.17. The molecule has 1 radical (unpaired) electrons. The second-order valence-corrected chi connectivity index (χ2v) is 12.8. The molecule has 1 N–H and O–H groups in total. The number of aromatic nitrogens is 3. The number of rotatable bonds is 14. The van der Waals surface area contributed by atoms with Crippen LogP contribution in [0, 0.1) is 24.2 Å². The number of nitrogens with zero attached hydrogens (tertiary/aromatic N) is 2. The average Bonchev–Trinajstić information content (AvgIpc) is 3.52. The molecule has 0 aliphatic heterocycles. The molecule has 1 aromatic carbocycles. The van der Waals surface area contributed by atoms with Gasteiger partial charge in [-0.25, -0.2) is 4.98 Å². The maximum Gasteiger partial charge on any atom is 0.109 e. The van der Waals surface area contributed by atoms with E-state index in [0.29, 0.717) is 5.92 Å². The predicted octanol–water partition coefficient (Wildman–Crippen LogP) is 12.7. The van der Waals surface area contributed by atoms with Gasteiger partial charge in [-0.05, 0) is 61.3 Å². The number of fused-ring (bicyclic) bond motifs is 1. The zero-order chi connectivity index (χ0) is 33.6. The van der Waals surface area contributed by atoms with Gasteiger partial charge in [-0.1, -0.05) is 135 Å². The summed E-state index contributed by atoms with van der Waals surface area (Å²) in [5.74, 6) is 3.41. The van der Waals surface area contributed by atoms with Crippen LogP contribution in [-0.2, 0) is 0 Å². The summed E-state index contributed by atoms with van der Waals surface area (Å²) in [6, 6.07) is 8.46. The van der Waals surface area contributed by atoms with Crippen LogP contribution in [0.15, 0.2) is 72.6 Å². The summed E-state index contributed by atoms with van der Waals surface area (Å²) in [6.45, 7) is 23.7. The van der Waals surface area contributed by atoms with E-state index in [2.05, 4.69) is 134 Å². The number of hydrogen-bond donors (Lipinski definition) is 1. The zero-order valence-electron chi connectivity index (χ0n) is 29.5. The molecule has 0 bridgehead atoms. The van der Waals surface area contributed by atoms with E-state index in [9.17, 15) is 0 Å². The fourth-order valence-corrected chi connectivity index (χ4v) is 5.47. The summed E-state index contributed by atoms with van der Waals surface area (Å²) in [6.07, 6.45) is 26.3. The molecule has 5 heteroatoms. The van der Waals surface area contributed by atoms with E-state index in [0.717, 1.165) is 56.7 Å². The molecule has 0 aliphatic carbocycles. The Balaban J connectivity index is 0.000000879. The Hall–Kier alpha value is -3.23. The molecule has 0 saturated heterocycles. The third-order valence-electron chi connectivity index (χ3n) is 6.74. The molecule has 0 fully saturated rings. The number of imidazole rings is 1. The van der Waals surface area contributed by atoms with Crippen LogP contribution in [0.4, 0.5) is 0 Å². The van der Waals surface area contributed by atoms with E-state index in [4.69, 9.17) is 11.4 Å². The minimum atomic E-state index is -0.0562. The van der Waals surface area contributed by atoms with Crippen LogP contribution in [0.2, 0.25) is 12.6 Å². The highest BCUT2D eigenvalue weighted by molar-refractivity contribution is 8.11. The van der Waals surface area contributed by atoms with Crippen LogP contribution in [0.3, 0.4) is 0 Å². The molecule has 0 spiro atoms. The Bertz CT molecular complexity index is 1420. The van der Waals surface area contributed by atoms with Crippen molar-refractivity contribution in [3.63, 3.8) is 0 Å². The first-order chi connectivity index (χ1) is 21.7. The molecule has 3 rings (SSSR count). The maximum atomic E-state index is 5.79. The Morgan fingerprint density at radius 1 is 1.07 bits per heavy atom. The monoisotopic (exact) mass is 622 g/mol. The van der Waals surface area contributed by atoms with Gasteiger partial charge in [0.2, 0.25) is 0 Å². The summed E-state index contributed by atoms with van der Waals surface area (Å²) in [5.41, 5.74) is 5.89. The second-order valence-electron chi connectivity index (χ2n) is 11.6. The van der Waals surface area contributed by atoms with Gasteiger partial charge in [-0.2, -0.15) is 0 Å². The van der Waals surface area contributed by atoms with E-state index in [1.54, 1.807) is 18.1 Å². The van der Waals surface area contributed by atoms with Crippen LogP contribution in [0.5, 0.6) is 0 Å². The van der Waals surface area contributed by atoms with Gasteiger partial charge in [0.05, 0.1) is 23.2 Å². The van der Waals surface area contributed by atoms with Crippen molar-refractivity contribution in [2.45, 2.75) is 107 Å². The molecular formula is C40H57BN3S. The molecule has 1 unspecified atom stereocenters. The predicted molar refractivity (Wildman–Crippen MR) is 206 cm³/mol. The van der Waals surface area contributed by atoms with Crippen molar-refractivity contribution in [1.29, 1.82) is 0 Å². The fourth-order valence-electron chi connectivity index (χ4n) is 4.39. The molecule has 2 aromatic heterocycles. The SMILES string of the molecule is C#CC(C)/C(=C\C=C/CC)c1nc[nH]c1-c1ccc2ncc(C(=C)S/C(=C\C)CC(C)C)cc2c1.CCC.CCC[B]CCC. The first-order valence-electron chi connectivity index (χ1n) is 16.8. The lowest BCUT2D eigenvalue weighted by molar-refractivity contribution is 0.658. The summed E-state index contributed by atoms with van der Waals surface area (Å²) in [4.78, 5) is 15.0. The van der Waals surface area contributed by atoms with Crippen molar-refractivity contribution < 1.29 is 0 Å². The Morgan fingerprint density at radius 3 is 2.33 bits per heavy atom. The van der Waals surface area contributed by atoms with Gasteiger partial charge in [-0.3, -0.25) is 4.98 Å². The Kier molecular flexibility index (Phi) is 20.5. The van der Waals surface area contributed by atoms with E-state index in [1.807, 2.05) is 13.1 Å². The second kappa shape index (κ2) is 23.2. The van der Waals surface area contributed by atoms with E-state index in [-0.39, 0.29) is 5.92 Å². The molecule has 0 amide bonds. The normalized spacial score (nSPS) is 12.3. The summed E-state index contributed by atoms with van der Waals surface area (Å²) in [7, 11) is 2.36. The molecular weight excluding hydrogens is 565 g/mol. The van der Waals surface area contributed by atoms with Crippen LogP contribution >= 0.6 is 11.8 Å². The average molecular weight is 623 g/mol. The van der Waals surface area contributed by atoms with Gasteiger partial charge in [0.15, 0.2) is 0 Å². The molecule has 3 aromatic rings. The first-order valence-corrected chi connectivity index (χ1v) is 17.6. The van der Waals surface area contributed by atoms with Crippen LogP contribution < -0.4 is 0 Å². The lowest BCUT2D eigenvalue weighted by Crippen LogP contribution is -1.98. The van der Waals surface area contributed by atoms with Crippen LogP contribution in [0.1, 0.15) is 106 Å². The van der Waals surface area contributed by atoms with Gasteiger partial charge in [-0.15, -0.1) is 6.42 Å². The highest BCUT2D eigenvalue weighted by atomic mass is 32.2. The van der Waals surface area contributed by atoms with Crippen molar-refractivity contribution in [1.82, 2.24) is 15.0 Å². The largest absolute Gasteiger partial charge is 0.344 e. The number of benzene rings is 1. The van der Waals surface area contributed by atoms with E-state index >= 15 is 0 Å². The van der Waals surface area contributed by atoms with Crippen molar-refractivity contribution >= 4 is 40.4 Å². The lowest BCUT2D eigenvalue weighted by atomic mass is 9.69. The van der Waals surface area contributed by atoms with Crippen LogP contribution in [0.25, 0.3) is 32.6 Å². The number of H-pyrrole nitrogens is 1. The molecule has 45 heavy (non-hydrogen) atoms. The third kappa shape index (κ3) is 14.2. The number of allylic oxidation sites excluding steroid dienone is 6. The van der Waals surface area contributed by atoms with Crippen molar-refractivity contribution in [3.8, 4) is 23.6 Å². The van der Waals surface area contributed by atoms with E-state index in [1.165, 1.54) is 36.8 Å². The number of pyridine rings is 1. The minimum absolute atomic E-state index is 0.0562. The first kappa shape index (κ1) is 39.8. The summed E-state index contributed by atoms with van der Waals surface area (Å²) >= 11 is 1.74. The topological polar surface area (TPSA) is 41.6 Å². The van der Waals surface area contributed by atoms with Crippen molar-refractivity contribution in [3.05, 3.63) is 83.8 Å². The third-order valence-corrected chi connectivity index (χ3v) is 7.89. The highest BCUT2D eigenvalue weighted by Crippen LogP contribution is 2.37. The number of nitrogens with one attached hydrogen (secondary N) is 1. The standard InChI is InChI=1S/C31H35N3S.C6H14B.C3H8/c1-8-11-12-13-28(22(6)9-2)31-30(33-20-34-31)24-14-15-29-25(17-24)18-26(19-32-29)23(7)35-27(10-3)16-21(4)5;1-3-5-7-6-4-2;1-3-2/h2,10-15,17-22H,7-8,16H2,1,3-6H3,(H,33,34);3-6H2,1-2H3;3H2,1-2H3/b12-11-,27-10-,28-13+;;. The molecule has 1 atom stereocenters. The lowest BCUT2D eigenvalue weighted by Gasteiger charge is -2.13. The summed E-state index contributed by atoms with van der Waals surface area (Å²) < 4.78 is 0. The van der Waals surface area contributed by atoms with Gasteiger partial charge in [0, 0.05) is 33.5 Å². The van der Waals surface area contributed by atoms with Gasteiger partial charge < -0.3 is 4.98 Å². The molecule has 0 saturated carbocycles. The number of thioether (sulfide) groups is 1. The molecule has 0 aliphatic rings. The molecule has 3 nitrogen and oxygen atoms in total. The maximum absolute atomic E-state index is 5.79. The number of terminal acetylenes is 1. The Morgan fingerprint density at radius 2 is 1.76 bits per heavy atom. The summed E-state index contributed by atoms with van der Waals surface area (Å²) in [5, 5.41) is 1.06. The van der Waals surface area contributed by atoms with Crippen molar-refractivity contribution in [2.24, 2.45) is 11.8 Å². The zero-order valence-corrected chi connectivity index (χ0v) is 30.4. The van der Waals surface area contributed by atoms with Crippen LogP contribution in [-0.4, -0.2) is 22.2 Å². The quantitative estimate of drug-likeness (QED) is 0.0842. The smallest absolute Gasteiger partial charge is 0.109 e. The number of aromatic amines is 1. The molecule has 2 heterocycles. The van der Waals surface area contributed by atoms with Gasteiger partial charge in [0.25, 0.3) is 0 Å². The van der Waals surface area contributed by atoms with E-state index < -0.39 is 0 Å².